The highest BCUT2D eigenvalue weighted by atomic mass is 32.2. The molecule has 0 bridgehead atoms. The van der Waals surface area contributed by atoms with Crippen LogP contribution in [-0.4, -0.2) is 26.5 Å². The fourth-order valence-corrected chi connectivity index (χ4v) is 3.92. The third-order valence-corrected chi connectivity index (χ3v) is 5.07. The van der Waals surface area contributed by atoms with Crippen LogP contribution in [0.5, 0.6) is 5.75 Å². The van der Waals surface area contributed by atoms with E-state index in [9.17, 15) is 8.42 Å². The molecule has 1 aliphatic heterocycles. The summed E-state index contributed by atoms with van der Waals surface area (Å²) in [5.41, 5.74) is 2.38. The summed E-state index contributed by atoms with van der Waals surface area (Å²) in [7, 11) is -2.77. The highest BCUT2D eigenvalue weighted by Gasteiger charge is 2.23. The Balaban J connectivity index is 1.88. The normalized spacial score (nSPS) is 19.7. The Bertz CT molecular complexity index is 486. The average Bonchev–Trinajstić information content (AvgIpc) is 2.26. The number of benzene rings is 1. The molecule has 0 spiro atoms. The quantitative estimate of drug-likeness (QED) is 0.846. The molecule has 0 saturated carbocycles. The summed E-state index contributed by atoms with van der Waals surface area (Å²) in [6, 6.07) is 6.15. The first-order valence-corrected chi connectivity index (χ1v) is 8.18. The maximum absolute atomic E-state index is 11.3. The molecule has 1 aliphatic rings. The van der Waals surface area contributed by atoms with E-state index in [4.69, 9.17) is 4.74 Å². The predicted octanol–water partition coefficient (Wildman–Crippen LogP) is 2.51. The summed E-state index contributed by atoms with van der Waals surface area (Å²) in [5, 5.41) is 0. The van der Waals surface area contributed by atoms with Gasteiger partial charge in [0.2, 0.25) is 0 Å². The van der Waals surface area contributed by atoms with Crippen molar-refractivity contribution in [3.63, 3.8) is 0 Å². The monoisotopic (exact) mass is 268 g/mol. The van der Waals surface area contributed by atoms with Crippen LogP contribution in [0.3, 0.4) is 0 Å². The van der Waals surface area contributed by atoms with Crippen LogP contribution in [0, 0.1) is 19.8 Å². The zero-order valence-corrected chi connectivity index (χ0v) is 11.8. The average molecular weight is 268 g/mol. The lowest BCUT2D eigenvalue weighted by Gasteiger charge is -2.22. The molecule has 2 rings (SSSR count). The molecule has 0 aromatic heterocycles. The van der Waals surface area contributed by atoms with Crippen molar-refractivity contribution in [2.75, 3.05) is 18.1 Å². The standard InChI is InChI=1S/C14H20O3S/c1-11-7-12(2)9-14(8-11)17-10-13-3-5-18(15,16)6-4-13/h7-9,13H,3-6,10H2,1-2H3. The van der Waals surface area contributed by atoms with Gasteiger partial charge in [-0.3, -0.25) is 0 Å². The Morgan fingerprint density at radius 1 is 1.11 bits per heavy atom. The number of sulfone groups is 1. The van der Waals surface area contributed by atoms with Crippen molar-refractivity contribution in [2.24, 2.45) is 5.92 Å². The molecular formula is C14H20O3S. The second-order valence-electron chi connectivity index (χ2n) is 5.23. The molecule has 1 fully saturated rings. The fourth-order valence-electron chi connectivity index (χ4n) is 2.34. The maximum Gasteiger partial charge on any atom is 0.150 e. The maximum atomic E-state index is 11.3. The molecule has 1 aromatic carbocycles. The Morgan fingerprint density at radius 2 is 1.67 bits per heavy atom. The number of hydrogen-bond acceptors (Lipinski definition) is 3. The second kappa shape index (κ2) is 5.31. The van der Waals surface area contributed by atoms with E-state index in [0.29, 0.717) is 24.0 Å². The Labute approximate surface area is 109 Å². The Hall–Kier alpha value is -1.03. The van der Waals surface area contributed by atoms with Crippen molar-refractivity contribution in [3.05, 3.63) is 29.3 Å². The first kappa shape index (κ1) is 13.4. The minimum absolute atomic E-state index is 0.313. The number of rotatable bonds is 3. The molecule has 0 N–H and O–H groups in total. The van der Waals surface area contributed by atoms with Crippen LogP contribution in [0.1, 0.15) is 24.0 Å². The minimum Gasteiger partial charge on any atom is -0.493 e. The van der Waals surface area contributed by atoms with E-state index in [0.717, 1.165) is 18.6 Å². The molecule has 0 amide bonds. The third kappa shape index (κ3) is 3.73. The Kier molecular flexibility index (Phi) is 3.95. The molecule has 1 aromatic rings. The van der Waals surface area contributed by atoms with Crippen molar-refractivity contribution in [1.29, 1.82) is 0 Å². The van der Waals surface area contributed by atoms with E-state index in [1.807, 2.05) is 26.0 Å². The van der Waals surface area contributed by atoms with Gasteiger partial charge in [0.15, 0.2) is 0 Å². The molecule has 3 nitrogen and oxygen atoms in total. The van der Waals surface area contributed by atoms with Crippen LogP contribution in [0.2, 0.25) is 0 Å². The van der Waals surface area contributed by atoms with Gasteiger partial charge in [0, 0.05) is 0 Å². The van der Waals surface area contributed by atoms with Crippen LogP contribution in [0.15, 0.2) is 18.2 Å². The van der Waals surface area contributed by atoms with Crippen LogP contribution in [-0.2, 0) is 9.84 Å². The van der Waals surface area contributed by atoms with Crippen LogP contribution < -0.4 is 4.74 Å². The predicted molar refractivity (Wildman–Crippen MR) is 72.8 cm³/mol. The lowest BCUT2D eigenvalue weighted by atomic mass is 10.0. The van der Waals surface area contributed by atoms with E-state index in [1.54, 1.807) is 0 Å². The third-order valence-electron chi connectivity index (χ3n) is 3.36. The van der Waals surface area contributed by atoms with Crippen molar-refractivity contribution >= 4 is 9.84 Å². The van der Waals surface area contributed by atoms with Gasteiger partial charge in [0.05, 0.1) is 18.1 Å². The topological polar surface area (TPSA) is 43.4 Å². The van der Waals surface area contributed by atoms with E-state index in [1.165, 1.54) is 11.1 Å². The summed E-state index contributed by atoms with van der Waals surface area (Å²) < 4.78 is 28.4. The fraction of sp³-hybridized carbons (Fsp3) is 0.571. The van der Waals surface area contributed by atoms with Gasteiger partial charge < -0.3 is 4.74 Å². The van der Waals surface area contributed by atoms with E-state index in [-0.39, 0.29) is 0 Å². The first-order valence-electron chi connectivity index (χ1n) is 6.36. The Morgan fingerprint density at radius 3 is 2.22 bits per heavy atom. The number of hydrogen-bond donors (Lipinski definition) is 0. The van der Waals surface area contributed by atoms with Crippen molar-refractivity contribution < 1.29 is 13.2 Å². The van der Waals surface area contributed by atoms with Gasteiger partial charge in [0.1, 0.15) is 15.6 Å². The first-order chi connectivity index (χ1) is 8.44. The van der Waals surface area contributed by atoms with Crippen molar-refractivity contribution in [2.45, 2.75) is 26.7 Å². The van der Waals surface area contributed by atoms with Crippen LogP contribution in [0.25, 0.3) is 0 Å². The number of ether oxygens (including phenoxy) is 1. The zero-order valence-electron chi connectivity index (χ0n) is 11.0. The summed E-state index contributed by atoms with van der Waals surface area (Å²) >= 11 is 0. The summed E-state index contributed by atoms with van der Waals surface area (Å²) in [5.74, 6) is 1.89. The van der Waals surface area contributed by atoms with E-state index < -0.39 is 9.84 Å². The SMILES string of the molecule is Cc1cc(C)cc(OCC2CCS(=O)(=O)CC2)c1. The molecule has 4 heteroatoms. The van der Waals surface area contributed by atoms with Gasteiger partial charge in [-0.25, -0.2) is 8.42 Å². The van der Waals surface area contributed by atoms with Crippen LogP contribution >= 0.6 is 0 Å². The molecule has 0 radical (unpaired) electrons. The molecule has 0 atom stereocenters. The highest BCUT2D eigenvalue weighted by molar-refractivity contribution is 7.91. The molecule has 1 saturated heterocycles. The van der Waals surface area contributed by atoms with Crippen molar-refractivity contribution in [1.82, 2.24) is 0 Å². The van der Waals surface area contributed by atoms with Gasteiger partial charge in [-0.05, 0) is 55.9 Å². The smallest absolute Gasteiger partial charge is 0.150 e. The molecule has 18 heavy (non-hydrogen) atoms. The minimum atomic E-state index is -2.77. The molecule has 100 valence electrons. The summed E-state index contributed by atoms with van der Waals surface area (Å²) in [6.45, 7) is 4.72. The van der Waals surface area contributed by atoms with Crippen LogP contribution in [0.4, 0.5) is 0 Å². The summed E-state index contributed by atoms with van der Waals surface area (Å²) in [6.07, 6.45) is 1.46. The largest absolute Gasteiger partial charge is 0.493 e. The van der Waals surface area contributed by atoms with Gasteiger partial charge in [-0.1, -0.05) is 6.07 Å². The molecule has 1 heterocycles. The van der Waals surface area contributed by atoms with Gasteiger partial charge in [-0.15, -0.1) is 0 Å². The molecular weight excluding hydrogens is 248 g/mol. The van der Waals surface area contributed by atoms with Crippen molar-refractivity contribution in [3.8, 4) is 5.75 Å². The van der Waals surface area contributed by atoms with Gasteiger partial charge >= 0.3 is 0 Å². The number of aryl methyl sites for hydroxylation is 2. The molecule has 0 aliphatic carbocycles. The van der Waals surface area contributed by atoms with E-state index >= 15 is 0 Å². The van der Waals surface area contributed by atoms with E-state index in [2.05, 4.69) is 6.07 Å². The highest BCUT2D eigenvalue weighted by Crippen LogP contribution is 2.22. The second-order valence-corrected chi connectivity index (χ2v) is 7.53. The lowest BCUT2D eigenvalue weighted by molar-refractivity contribution is 0.238. The summed E-state index contributed by atoms with van der Waals surface area (Å²) in [4.78, 5) is 0. The van der Waals surface area contributed by atoms with Gasteiger partial charge in [-0.2, -0.15) is 0 Å². The van der Waals surface area contributed by atoms with Gasteiger partial charge in [0.25, 0.3) is 0 Å². The lowest BCUT2D eigenvalue weighted by Crippen LogP contribution is -2.26. The molecule has 0 unspecified atom stereocenters. The zero-order chi connectivity index (χ0) is 13.2.